The lowest BCUT2D eigenvalue weighted by Gasteiger charge is -2.12. The van der Waals surface area contributed by atoms with Crippen LogP contribution in [0.2, 0.25) is 0 Å². The largest absolute Gasteiger partial charge is 0.324 e. The molecule has 4 aromatic rings. The van der Waals surface area contributed by atoms with Crippen LogP contribution in [0, 0.1) is 13.8 Å². The molecule has 0 amide bonds. The van der Waals surface area contributed by atoms with E-state index in [0.29, 0.717) is 5.95 Å². The standard InChI is InChI=1S/C22H20N4/c1-16-8-12-19(13-9-16)23-22-25-24-21(18-6-4-3-5-7-18)26(22)20-14-10-17(2)11-15-20/h3-15H,1-2H3,(H,23,25). The summed E-state index contributed by atoms with van der Waals surface area (Å²) in [5, 5.41) is 12.3. The van der Waals surface area contributed by atoms with Crippen molar-refractivity contribution in [2.24, 2.45) is 0 Å². The van der Waals surface area contributed by atoms with E-state index in [0.717, 1.165) is 22.8 Å². The molecular formula is C22H20N4. The number of hydrogen-bond donors (Lipinski definition) is 1. The fourth-order valence-electron chi connectivity index (χ4n) is 2.84. The van der Waals surface area contributed by atoms with Crippen LogP contribution in [0.25, 0.3) is 17.1 Å². The van der Waals surface area contributed by atoms with E-state index in [1.165, 1.54) is 11.1 Å². The first kappa shape index (κ1) is 16.1. The van der Waals surface area contributed by atoms with E-state index in [1.54, 1.807) is 0 Å². The highest BCUT2D eigenvalue weighted by Gasteiger charge is 2.15. The van der Waals surface area contributed by atoms with Crippen LogP contribution in [0.3, 0.4) is 0 Å². The van der Waals surface area contributed by atoms with Crippen LogP contribution in [-0.2, 0) is 0 Å². The number of rotatable bonds is 4. The average Bonchev–Trinajstić information content (AvgIpc) is 3.08. The third-order valence-corrected chi connectivity index (χ3v) is 4.29. The van der Waals surface area contributed by atoms with Gasteiger partial charge in [0, 0.05) is 11.3 Å². The second-order valence-corrected chi connectivity index (χ2v) is 6.38. The van der Waals surface area contributed by atoms with Crippen molar-refractivity contribution in [1.82, 2.24) is 14.8 Å². The predicted molar refractivity (Wildman–Crippen MR) is 106 cm³/mol. The maximum absolute atomic E-state index is 4.45. The number of nitrogens with one attached hydrogen (secondary N) is 1. The molecule has 26 heavy (non-hydrogen) atoms. The molecule has 1 N–H and O–H groups in total. The second kappa shape index (κ2) is 6.84. The van der Waals surface area contributed by atoms with E-state index in [4.69, 9.17) is 0 Å². The lowest BCUT2D eigenvalue weighted by Crippen LogP contribution is -2.03. The molecule has 128 valence electrons. The molecule has 0 unspecified atom stereocenters. The van der Waals surface area contributed by atoms with Crippen LogP contribution >= 0.6 is 0 Å². The molecule has 0 aliphatic heterocycles. The second-order valence-electron chi connectivity index (χ2n) is 6.38. The molecule has 0 saturated carbocycles. The maximum Gasteiger partial charge on any atom is 0.234 e. The quantitative estimate of drug-likeness (QED) is 0.548. The van der Waals surface area contributed by atoms with Gasteiger partial charge in [0.25, 0.3) is 0 Å². The molecule has 0 saturated heterocycles. The maximum atomic E-state index is 4.45. The minimum atomic E-state index is 0.691. The van der Waals surface area contributed by atoms with Crippen molar-refractivity contribution in [3.05, 3.63) is 90.0 Å². The van der Waals surface area contributed by atoms with Crippen molar-refractivity contribution in [1.29, 1.82) is 0 Å². The molecule has 0 atom stereocenters. The minimum absolute atomic E-state index is 0.691. The zero-order valence-electron chi connectivity index (χ0n) is 14.8. The van der Waals surface area contributed by atoms with Gasteiger partial charge in [0.2, 0.25) is 5.95 Å². The zero-order chi connectivity index (χ0) is 17.9. The van der Waals surface area contributed by atoms with Gasteiger partial charge in [-0.25, -0.2) is 0 Å². The number of aromatic nitrogens is 3. The summed E-state index contributed by atoms with van der Waals surface area (Å²) in [6.07, 6.45) is 0. The lowest BCUT2D eigenvalue weighted by molar-refractivity contribution is 1.07. The Labute approximate surface area is 153 Å². The van der Waals surface area contributed by atoms with Crippen molar-refractivity contribution in [3.63, 3.8) is 0 Å². The summed E-state index contributed by atoms with van der Waals surface area (Å²) >= 11 is 0. The van der Waals surface area contributed by atoms with Crippen LogP contribution in [0.5, 0.6) is 0 Å². The molecule has 4 rings (SSSR count). The fraction of sp³-hybridized carbons (Fsp3) is 0.0909. The van der Waals surface area contributed by atoms with Gasteiger partial charge in [-0.3, -0.25) is 4.57 Å². The van der Waals surface area contributed by atoms with E-state index in [-0.39, 0.29) is 0 Å². The van der Waals surface area contributed by atoms with Crippen molar-refractivity contribution in [3.8, 4) is 17.1 Å². The Hall–Kier alpha value is -3.40. The van der Waals surface area contributed by atoms with Gasteiger partial charge in [0.15, 0.2) is 5.82 Å². The molecule has 4 heteroatoms. The topological polar surface area (TPSA) is 42.7 Å². The highest BCUT2D eigenvalue weighted by Crippen LogP contribution is 2.27. The highest BCUT2D eigenvalue weighted by molar-refractivity contribution is 5.64. The van der Waals surface area contributed by atoms with Gasteiger partial charge in [-0.15, -0.1) is 10.2 Å². The van der Waals surface area contributed by atoms with Gasteiger partial charge < -0.3 is 5.32 Å². The van der Waals surface area contributed by atoms with E-state index < -0.39 is 0 Å². The molecule has 0 bridgehead atoms. The lowest BCUT2D eigenvalue weighted by atomic mass is 10.2. The molecule has 0 radical (unpaired) electrons. The zero-order valence-corrected chi connectivity index (χ0v) is 14.8. The number of anilines is 2. The van der Waals surface area contributed by atoms with E-state index in [2.05, 4.69) is 70.3 Å². The molecule has 0 spiro atoms. The monoisotopic (exact) mass is 340 g/mol. The normalized spacial score (nSPS) is 10.7. The van der Waals surface area contributed by atoms with Crippen molar-refractivity contribution < 1.29 is 0 Å². The molecule has 1 aromatic heterocycles. The Morgan fingerprint density at radius 3 is 1.96 bits per heavy atom. The summed E-state index contributed by atoms with van der Waals surface area (Å²) in [6.45, 7) is 4.16. The first-order chi connectivity index (χ1) is 12.7. The Morgan fingerprint density at radius 1 is 0.692 bits per heavy atom. The molecule has 0 fully saturated rings. The van der Waals surface area contributed by atoms with Gasteiger partial charge in [0.1, 0.15) is 0 Å². The summed E-state index contributed by atoms with van der Waals surface area (Å²) in [6, 6.07) is 26.7. The van der Waals surface area contributed by atoms with Crippen LogP contribution in [0.4, 0.5) is 11.6 Å². The third-order valence-electron chi connectivity index (χ3n) is 4.29. The average molecular weight is 340 g/mol. The Kier molecular flexibility index (Phi) is 4.23. The Bertz CT molecular complexity index is 1000. The molecule has 0 aliphatic carbocycles. The summed E-state index contributed by atoms with van der Waals surface area (Å²) < 4.78 is 2.05. The van der Waals surface area contributed by atoms with Gasteiger partial charge in [0.05, 0.1) is 5.69 Å². The van der Waals surface area contributed by atoms with E-state index >= 15 is 0 Å². The third kappa shape index (κ3) is 3.22. The first-order valence-corrected chi connectivity index (χ1v) is 8.62. The molecule has 1 heterocycles. The summed E-state index contributed by atoms with van der Waals surface area (Å²) in [5.74, 6) is 1.50. The minimum Gasteiger partial charge on any atom is -0.324 e. The van der Waals surface area contributed by atoms with Gasteiger partial charge in [-0.2, -0.15) is 0 Å². The van der Waals surface area contributed by atoms with Crippen molar-refractivity contribution >= 4 is 11.6 Å². The smallest absolute Gasteiger partial charge is 0.234 e. The molecule has 3 aromatic carbocycles. The number of hydrogen-bond acceptors (Lipinski definition) is 3. The van der Waals surface area contributed by atoms with Crippen LogP contribution in [0.1, 0.15) is 11.1 Å². The Morgan fingerprint density at radius 2 is 1.31 bits per heavy atom. The van der Waals surface area contributed by atoms with E-state index in [9.17, 15) is 0 Å². The summed E-state index contributed by atoms with van der Waals surface area (Å²) in [5.41, 5.74) is 5.47. The van der Waals surface area contributed by atoms with Gasteiger partial charge >= 0.3 is 0 Å². The van der Waals surface area contributed by atoms with Gasteiger partial charge in [-0.1, -0.05) is 65.7 Å². The fourth-order valence-corrected chi connectivity index (χ4v) is 2.84. The van der Waals surface area contributed by atoms with Crippen LogP contribution in [0.15, 0.2) is 78.9 Å². The number of aryl methyl sites for hydroxylation is 2. The molecule has 0 aliphatic rings. The van der Waals surface area contributed by atoms with Crippen LogP contribution in [-0.4, -0.2) is 14.8 Å². The van der Waals surface area contributed by atoms with Crippen molar-refractivity contribution in [2.75, 3.05) is 5.32 Å². The van der Waals surface area contributed by atoms with Gasteiger partial charge in [-0.05, 0) is 38.1 Å². The number of benzene rings is 3. The highest BCUT2D eigenvalue weighted by atomic mass is 15.4. The van der Waals surface area contributed by atoms with Crippen molar-refractivity contribution in [2.45, 2.75) is 13.8 Å². The number of nitrogens with zero attached hydrogens (tertiary/aromatic N) is 3. The first-order valence-electron chi connectivity index (χ1n) is 8.62. The predicted octanol–water partition coefficient (Wildman–Crippen LogP) is 5.29. The summed E-state index contributed by atoms with van der Waals surface area (Å²) in [7, 11) is 0. The summed E-state index contributed by atoms with van der Waals surface area (Å²) in [4.78, 5) is 0. The molecule has 4 nitrogen and oxygen atoms in total. The SMILES string of the molecule is Cc1ccc(Nc2nnc(-c3ccccc3)n2-c2ccc(C)cc2)cc1. The Balaban J connectivity index is 1.82. The van der Waals surface area contributed by atoms with Crippen LogP contribution < -0.4 is 5.32 Å². The van der Waals surface area contributed by atoms with E-state index in [1.807, 2.05) is 42.5 Å². The molecular weight excluding hydrogens is 320 g/mol.